The minimum Gasteiger partial charge on any atom is -0.258 e. The number of non-ortho nitro benzene ring substituents is 1. The fourth-order valence-corrected chi connectivity index (χ4v) is 2.54. The highest BCUT2D eigenvalue weighted by atomic mass is 32.1. The molecule has 6 heteroatoms. The van der Waals surface area contributed by atoms with Gasteiger partial charge in [0.25, 0.3) is 5.69 Å². The summed E-state index contributed by atoms with van der Waals surface area (Å²) >= 11 is 1.51. The molecule has 1 heterocycles. The number of nitro groups is 1. The number of fused-ring (bicyclic) bond motifs is 1. The third-order valence-electron chi connectivity index (χ3n) is 2.71. The average molecular weight is 283 g/mol. The fourth-order valence-electron chi connectivity index (χ4n) is 1.73. The molecule has 0 spiro atoms. The van der Waals surface area contributed by atoms with Gasteiger partial charge in [-0.25, -0.2) is 9.98 Å². The third-order valence-corrected chi connectivity index (χ3v) is 3.65. The van der Waals surface area contributed by atoms with Gasteiger partial charge >= 0.3 is 0 Å². The average Bonchev–Trinajstić information content (AvgIpc) is 2.88. The molecule has 0 unspecified atom stereocenters. The van der Waals surface area contributed by atoms with Crippen LogP contribution in [0.15, 0.2) is 53.5 Å². The molecule has 1 aromatic heterocycles. The van der Waals surface area contributed by atoms with Crippen LogP contribution in [0.5, 0.6) is 0 Å². The predicted molar refractivity (Wildman–Crippen MR) is 80.0 cm³/mol. The molecule has 0 fully saturated rings. The van der Waals surface area contributed by atoms with Crippen molar-refractivity contribution in [1.29, 1.82) is 0 Å². The topological polar surface area (TPSA) is 68.4 Å². The largest absolute Gasteiger partial charge is 0.269 e. The van der Waals surface area contributed by atoms with Crippen LogP contribution in [0.2, 0.25) is 0 Å². The van der Waals surface area contributed by atoms with Crippen molar-refractivity contribution in [3.8, 4) is 0 Å². The summed E-state index contributed by atoms with van der Waals surface area (Å²) in [7, 11) is 0. The number of benzene rings is 2. The number of nitro benzene ring substituents is 1. The van der Waals surface area contributed by atoms with E-state index in [-0.39, 0.29) is 5.69 Å². The van der Waals surface area contributed by atoms with Gasteiger partial charge in [0.05, 0.1) is 15.1 Å². The highest BCUT2D eigenvalue weighted by Gasteiger charge is 2.03. The summed E-state index contributed by atoms with van der Waals surface area (Å²) in [4.78, 5) is 18.8. The Kier molecular flexibility index (Phi) is 3.22. The zero-order valence-corrected chi connectivity index (χ0v) is 11.1. The first-order valence-corrected chi connectivity index (χ1v) is 6.68. The van der Waals surface area contributed by atoms with Gasteiger partial charge in [0.15, 0.2) is 0 Å². The number of para-hydroxylation sites is 1. The van der Waals surface area contributed by atoms with Crippen LogP contribution in [0.1, 0.15) is 5.56 Å². The highest BCUT2D eigenvalue weighted by Crippen LogP contribution is 2.27. The molecule has 0 N–H and O–H groups in total. The first kappa shape index (κ1) is 12.4. The van der Waals surface area contributed by atoms with Crippen molar-refractivity contribution in [2.75, 3.05) is 0 Å². The Bertz CT molecular complexity index is 761. The van der Waals surface area contributed by atoms with Crippen molar-refractivity contribution in [3.63, 3.8) is 0 Å². The van der Waals surface area contributed by atoms with E-state index in [4.69, 9.17) is 0 Å². The summed E-state index contributed by atoms with van der Waals surface area (Å²) in [5.41, 5.74) is 1.80. The van der Waals surface area contributed by atoms with E-state index in [1.807, 2.05) is 24.3 Å². The van der Waals surface area contributed by atoms with Gasteiger partial charge in [-0.3, -0.25) is 10.1 Å². The minimum absolute atomic E-state index is 0.0714. The Balaban J connectivity index is 1.84. The first-order chi connectivity index (χ1) is 9.72. The van der Waals surface area contributed by atoms with E-state index < -0.39 is 4.92 Å². The molecular formula is C14H9N3O2S. The van der Waals surface area contributed by atoms with Crippen LogP contribution in [0.25, 0.3) is 10.2 Å². The number of aromatic nitrogens is 1. The number of hydrogen-bond donors (Lipinski definition) is 0. The maximum atomic E-state index is 10.6. The summed E-state index contributed by atoms with van der Waals surface area (Å²) in [6.45, 7) is 0. The lowest BCUT2D eigenvalue weighted by molar-refractivity contribution is -0.384. The molecule has 0 bridgehead atoms. The molecule has 5 nitrogen and oxygen atoms in total. The van der Waals surface area contributed by atoms with Crippen molar-refractivity contribution in [3.05, 3.63) is 64.2 Å². The van der Waals surface area contributed by atoms with E-state index in [1.54, 1.807) is 18.3 Å². The van der Waals surface area contributed by atoms with Crippen LogP contribution in [-0.2, 0) is 0 Å². The molecule has 2 aromatic carbocycles. The molecule has 0 saturated heterocycles. The Hall–Kier alpha value is -2.60. The molecular weight excluding hydrogens is 274 g/mol. The van der Waals surface area contributed by atoms with Crippen LogP contribution < -0.4 is 0 Å². The van der Waals surface area contributed by atoms with Crippen LogP contribution in [0.4, 0.5) is 10.8 Å². The number of hydrogen-bond acceptors (Lipinski definition) is 5. The Labute approximate surface area is 118 Å². The van der Waals surface area contributed by atoms with E-state index in [0.29, 0.717) is 5.13 Å². The van der Waals surface area contributed by atoms with Gasteiger partial charge in [0, 0.05) is 18.3 Å². The lowest BCUT2D eigenvalue weighted by Gasteiger charge is -1.92. The van der Waals surface area contributed by atoms with Crippen LogP contribution >= 0.6 is 11.3 Å². The van der Waals surface area contributed by atoms with Gasteiger partial charge in [0.2, 0.25) is 5.13 Å². The number of rotatable bonds is 3. The SMILES string of the molecule is O=[N+]([O-])c1ccc(C=Nc2nc3ccccc3s2)cc1. The van der Waals surface area contributed by atoms with Crippen LogP contribution in [0, 0.1) is 10.1 Å². The van der Waals surface area contributed by atoms with Crippen LogP contribution in [0.3, 0.4) is 0 Å². The lowest BCUT2D eigenvalue weighted by atomic mass is 10.2. The molecule has 98 valence electrons. The molecule has 0 amide bonds. The van der Waals surface area contributed by atoms with E-state index in [1.165, 1.54) is 23.5 Å². The second-order valence-electron chi connectivity index (χ2n) is 4.07. The van der Waals surface area contributed by atoms with Crippen molar-refractivity contribution < 1.29 is 4.92 Å². The standard InChI is InChI=1S/C14H9N3O2S/c18-17(19)11-7-5-10(6-8-11)9-15-14-16-12-3-1-2-4-13(12)20-14/h1-9H. The minimum atomic E-state index is -0.422. The third kappa shape index (κ3) is 2.55. The van der Waals surface area contributed by atoms with E-state index >= 15 is 0 Å². The molecule has 0 atom stereocenters. The van der Waals surface area contributed by atoms with Crippen molar-refractivity contribution in [1.82, 2.24) is 4.98 Å². The second-order valence-corrected chi connectivity index (χ2v) is 5.08. The molecule has 20 heavy (non-hydrogen) atoms. The first-order valence-electron chi connectivity index (χ1n) is 5.86. The molecule has 0 aliphatic rings. The Morgan fingerprint density at radius 2 is 1.90 bits per heavy atom. The Morgan fingerprint density at radius 3 is 2.60 bits per heavy atom. The molecule has 0 aliphatic carbocycles. The van der Waals surface area contributed by atoms with Gasteiger partial charge in [-0.15, -0.1) is 0 Å². The zero-order valence-electron chi connectivity index (χ0n) is 10.3. The quantitative estimate of drug-likeness (QED) is 0.415. The number of nitrogens with zero attached hydrogens (tertiary/aromatic N) is 3. The van der Waals surface area contributed by atoms with Gasteiger partial charge in [-0.05, 0) is 29.8 Å². The summed E-state index contributed by atoms with van der Waals surface area (Å²) in [5, 5.41) is 11.2. The maximum Gasteiger partial charge on any atom is 0.269 e. The maximum absolute atomic E-state index is 10.6. The smallest absolute Gasteiger partial charge is 0.258 e. The van der Waals surface area contributed by atoms with Crippen molar-refractivity contribution in [2.24, 2.45) is 4.99 Å². The summed E-state index contributed by atoms with van der Waals surface area (Å²) in [5.74, 6) is 0. The van der Waals surface area contributed by atoms with Gasteiger partial charge in [0.1, 0.15) is 0 Å². The number of thiazole rings is 1. The highest BCUT2D eigenvalue weighted by molar-refractivity contribution is 7.22. The lowest BCUT2D eigenvalue weighted by Crippen LogP contribution is -1.88. The Morgan fingerprint density at radius 1 is 1.15 bits per heavy atom. The number of aliphatic imine (C=N–C) groups is 1. The van der Waals surface area contributed by atoms with E-state index in [9.17, 15) is 10.1 Å². The molecule has 0 radical (unpaired) electrons. The second kappa shape index (κ2) is 5.18. The monoisotopic (exact) mass is 283 g/mol. The van der Waals surface area contributed by atoms with Gasteiger partial charge in [-0.2, -0.15) is 0 Å². The molecule has 0 aliphatic heterocycles. The van der Waals surface area contributed by atoms with E-state index in [2.05, 4.69) is 9.98 Å². The molecule has 3 aromatic rings. The predicted octanol–water partition coefficient (Wildman–Crippen LogP) is 3.96. The fraction of sp³-hybridized carbons (Fsp3) is 0. The van der Waals surface area contributed by atoms with Crippen molar-refractivity contribution >= 4 is 38.6 Å². The zero-order chi connectivity index (χ0) is 13.9. The summed E-state index contributed by atoms with van der Waals surface area (Å²) < 4.78 is 1.09. The van der Waals surface area contributed by atoms with Gasteiger partial charge in [-0.1, -0.05) is 23.5 Å². The normalized spacial score (nSPS) is 11.2. The summed E-state index contributed by atoms with van der Waals surface area (Å²) in [6, 6.07) is 14.1. The summed E-state index contributed by atoms with van der Waals surface area (Å²) in [6.07, 6.45) is 1.65. The van der Waals surface area contributed by atoms with E-state index in [0.717, 1.165) is 15.8 Å². The van der Waals surface area contributed by atoms with Gasteiger partial charge < -0.3 is 0 Å². The van der Waals surface area contributed by atoms with Crippen molar-refractivity contribution in [2.45, 2.75) is 0 Å². The molecule has 3 rings (SSSR count). The molecule has 0 saturated carbocycles. The van der Waals surface area contributed by atoms with Crippen LogP contribution in [-0.4, -0.2) is 16.1 Å².